The lowest BCUT2D eigenvalue weighted by molar-refractivity contribution is -0.120. The van der Waals surface area contributed by atoms with E-state index in [-0.39, 0.29) is 12.3 Å². The summed E-state index contributed by atoms with van der Waals surface area (Å²) >= 11 is 0. The Hall–Kier alpha value is -1.49. The average Bonchev–Trinajstić information content (AvgIpc) is 2.44. The SMILES string of the molecule is O=C(Cc1ccc(F)c(F)c1)NCCC1CCCCN1. The summed E-state index contributed by atoms with van der Waals surface area (Å²) in [4.78, 5) is 11.7. The number of carbonyl (C=O) groups is 1. The number of hydrogen-bond donors (Lipinski definition) is 2. The summed E-state index contributed by atoms with van der Waals surface area (Å²) in [6, 6.07) is 4.02. The first-order valence-corrected chi connectivity index (χ1v) is 7.09. The van der Waals surface area contributed by atoms with Crippen molar-refractivity contribution in [1.82, 2.24) is 10.6 Å². The van der Waals surface area contributed by atoms with Crippen LogP contribution in [0.1, 0.15) is 31.2 Å². The molecule has 2 rings (SSSR count). The molecule has 1 aromatic carbocycles. The topological polar surface area (TPSA) is 41.1 Å². The molecule has 1 aromatic rings. The van der Waals surface area contributed by atoms with Gasteiger partial charge in [0.25, 0.3) is 0 Å². The van der Waals surface area contributed by atoms with E-state index in [1.807, 2.05) is 0 Å². The minimum Gasteiger partial charge on any atom is -0.356 e. The van der Waals surface area contributed by atoms with Crippen LogP contribution in [0.5, 0.6) is 0 Å². The van der Waals surface area contributed by atoms with Crippen LogP contribution in [0.3, 0.4) is 0 Å². The van der Waals surface area contributed by atoms with Crippen LogP contribution in [0.2, 0.25) is 0 Å². The normalized spacial score (nSPS) is 18.8. The summed E-state index contributed by atoms with van der Waals surface area (Å²) in [5.41, 5.74) is 0.484. The molecule has 0 radical (unpaired) electrons. The van der Waals surface area contributed by atoms with Crippen molar-refractivity contribution in [1.29, 1.82) is 0 Å². The Balaban J connectivity index is 1.70. The standard InChI is InChI=1S/C15H20F2N2O/c16-13-5-4-11(9-14(13)17)10-15(20)19-8-6-12-3-1-2-7-18-12/h4-5,9,12,18H,1-3,6-8,10H2,(H,19,20). The molecule has 1 amide bonds. The van der Waals surface area contributed by atoms with Crippen LogP contribution in [0.25, 0.3) is 0 Å². The van der Waals surface area contributed by atoms with Gasteiger partial charge in [-0.1, -0.05) is 12.5 Å². The van der Waals surface area contributed by atoms with Gasteiger partial charge in [-0.05, 0) is 43.5 Å². The van der Waals surface area contributed by atoms with E-state index in [0.29, 0.717) is 18.2 Å². The largest absolute Gasteiger partial charge is 0.356 e. The van der Waals surface area contributed by atoms with Crippen molar-refractivity contribution in [3.05, 3.63) is 35.4 Å². The van der Waals surface area contributed by atoms with Gasteiger partial charge in [-0.2, -0.15) is 0 Å². The smallest absolute Gasteiger partial charge is 0.224 e. The first kappa shape index (κ1) is 14.9. The van der Waals surface area contributed by atoms with Gasteiger partial charge in [0.2, 0.25) is 5.91 Å². The number of piperidine rings is 1. The van der Waals surface area contributed by atoms with E-state index in [2.05, 4.69) is 10.6 Å². The summed E-state index contributed by atoms with van der Waals surface area (Å²) in [5.74, 6) is -1.97. The molecule has 0 spiro atoms. The van der Waals surface area contributed by atoms with Crippen LogP contribution in [-0.2, 0) is 11.2 Å². The molecule has 1 heterocycles. The fourth-order valence-corrected chi connectivity index (χ4v) is 2.45. The van der Waals surface area contributed by atoms with Crippen molar-refractivity contribution < 1.29 is 13.6 Å². The number of halogens is 2. The second kappa shape index (κ2) is 7.33. The molecule has 1 unspecified atom stereocenters. The minimum absolute atomic E-state index is 0.0787. The monoisotopic (exact) mass is 282 g/mol. The molecule has 2 N–H and O–H groups in total. The first-order chi connectivity index (χ1) is 9.65. The second-order valence-electron chi connectivity index (χ2n) is 5.21. The zero-order chi connectivity index (χ0) is 14.4. The third-order valence-corrected chi connectivity index (χ3v) is 3.58. The highest BCUT2D eigenvalue weighted by Crippen LogP contribution is 2.10. The van der Waals surface area contributed by atoms with E-state index in [4.69, 9.17) is 0 Å². The maximum atomic E-state index is 13.0. The van der Waals surface area contributed by atoms with Gasteiger partial charge in [-0.25, -0.2) is 8.78 Å². The molecule has 1 aliphatic heterocycles. The van der Waals surface area contributed by atoms with Gasteiger partial charge in [0, 0.05) is 12.6 Å². The van der Waals surface area contributed by atoms with Crippen LogP contribution in [0.15, 0.2) is 18.2 Å². The molecule has 3 nitrogen and oxygen atoms in total. The number of carbonyl (C=O) groups excluding carboxylic acids is 1. The fourth-order valence-electron chi connectivity index (χ4n) is 2.45. The molecule has 1 saturated heterocycles. The lowest BCUT2D eigenvalue weighted by Gasteiger charge is -2.23. The summed E-state index contributed by atoms with van der Waals surface area (Å²) in [7, 11) is 0. The van der Waals surface area contributed by atoms with Crippen molar-refractivity contribution >= 4 is 5.91 Å². The van der Waals surface area contributed by atoms with Gasteiger partial charge in [-0.3, -0.25) is 4.79 Å². The van der Waals surface area contributed by atoms with Gasteiger partial charge >= 0.3 is 0 Å². The van der Waals surface area contributed by atoms with Crippen LogP contribution < -0.4 is 10.6 Å². The van der Waals surface area contributed by atoms with Crippen molar-refractivity contribution in [3.63, 3.8) is 0 Å². The Morgan fingerprint density at radius 2 is 2.15 bits per heavy atom. The average molecular weight is 282 g/mol. The predicted molar refractivity (Wildman–Crippen MR) is 73.3 cm³/mol. The lowest BCUT2D eigenvalue weighted by Crippen LogP contribution is -2.37. The molecule has 1 atom stereocenters. The summed E-state index contributed by atoms with van der Waals surface area (Å²) in [6.45, 7) is 1.66. The van der Waals surface area contributed by atoms with E-state index in [1.54, 1.807) is 0 Å². The highest BCUT2D eigenvalue weighted by atomic mass is 19.2. The number of amides is 1. The molecule has 110 valence electrons. The molecular formula is C15H20F2N2O. The van der Waals surface area contributed by atoms with Crippen LogP contribution in [-0.4, -0.2) is 25.0 Å². The zero-order valence-corrected chi connectivity index (χ0v) is 11.4. The zero-order valence-electron chi connectivity index (χ0n) is 11.4. The summed E-state index contributed by atoms with van der Waals surface area (Å²) in [5, 5.41) is 6.23. The quantitative estimate of drug-likeness (QED) is 0.869. The molecule has 0 aromatic heterocycles. The van der Waals surface area contributed by atoms with Crippen LogP contribution in [0.4, 0.5) is 8.78 Å². The van der Waals surface area contributed by atoms with Gasteiger partial charge in [0.05, 0.1) is 6.42 Å². The lowest BCUT2D eigenvalue weighted by atomic mass is 10.0. The van der Waals surface area contributed by atoms with Gasteiger partial charge < -0.3 is 10.6 Å². The predicted octanol–water partition coefficient (Wildman–Crippen LogP) is 2.16. The summed E-state index contributed by atoms with van der Waals surface area (Å²) in [6.07, 6.45) is 4.59. The van der Waals surface area contributed by atoms with E-state index < -0.39 is 11.6 Å². The molecule has 0 saturated carbocycles. The molecule has 0 aliphatic carbocycles. The third-order valence-electron chi connectivity index (χ3n) is 3.58. The summed E-state index contributed by atoms with van der Waals surface area (Å²) < 4.78 is 25.8. The van der Waals surface area contributed by atoms with E-state index in [9.17, 15) is 13.6 Å². The molecule has 1 aliphatic rings. The van der Waals surface area contributed by atoms with Crippen molar-refractivity contribution in [2.45, 2.75) is 38.1 Å². The number of rotatable bonds is 5. The molecule has 20 heavy (non-hydrogen) atoms. The Bertz CT molecular complexity index is 459. The molecule has 1 fully saturated rings. The molecule has 5 heteroatoms. The van der Waals surface area contributed by atoms with E-state index in [1.165, 1.54) is 18.9 Å². The minimum atomic E-state index is -0.915. The van der Waals surface area contributed by atoms with Crippen LogP contribution >= 0.6 is 0 Å². The first-order valence-electron chi connectivity index (χ1n) is 7.09. The molecule has 0 bridgehead atoms. The Morgan fingerprint density at radius 1 is 1.30 bits per heavy atom. The van der Waals surface area contributed by atoms with Crippen LogP contribution in [0, 0.1) is 11.6 Å². The maximum absolute atomic E-state index is 13.0. The Kier molecular flexibility index (Phi) is 5.47. The van der Waals surface area contributed by atoms with E-state index >= 15 is 0 Å². The molecular weight excluding hydrogens is 262 g/mol. The highest BCUT2D eigenvalue weighted by Gasteiger charge is 2.12. The van der Waals surface area contributed by atoms with Gasteiger partial charge in [-0.15, -0.1) is 0 Å². The van der Waals surface area contributed by atoms with Gasteiger partial charge in [0.15, 0.2) is 11.6 Å². The van der Waals surface area contributed by atoms with Crippen molar-refractivity contribution in [3.8, 4) is 0 Å². The third kappa shape index (κ3) is 4.56. The highest BCUT2D eigenvalue weighted by molar-refractivity contribution is 5.78. The Labute approximate surface area is 117 Å². The fraction of sp³-hybridized carbons (Fsp3) is 0.533. The van der Waals surface area contributed by atoms with Crippen molar-refractivity contribution in [2.75, 3.05) is 13.1 Å². The number of hydrogen-bond acceptors (Lipinski definition) is 2. The second-order valence-corrected chi connectivity index (χ2v) is 5.21. The Morgan fingerprint density at radius 3 is 2.85 bits per heavy atom. The van der Waals surface area contributed by atoms with Crippen molar-refractivity contribution in [2.24, 2.45) is 0 Å². The van der Waals surface area contributed by atoms with Gasteiger partial charge in [0.1, 0.15) is 0 Å². The van der Waals surface area contributed by atoms with E-state index in [0.717, 1.165) is 31.5 Å². The number of nitrogens with one attached hydrogen (secondary N) is 2. The maximum Gasteiger partial charge on any atom is 0.224 e. The number of benzene rings is 1.